The first-order chi connectivity index (χ1) is 13.1. The number of aryl methyl sites for hydroxylation is 1. The van der Waals surface area contributed by atoms with Crippen molar-refractivity contribution < 1.29 is 23.9 Å². The Morgan fingerprint density at radius 1 is 0.852 bits per heavy atom. The monoisotopic (exact) mass is 368 g/mol. The van der Waals surface area contributed by atoms with Crippen LogP contribution in [0.4, 0.5) is 0 Å². The highest BCUT2D eigenvalue weighted by atomic mass is 16.5. The highest BCUT2D eigenvalue weighted by molar-refractivity contribution is 6.10. The van der Waals surface area contributed by atoms with E-state index in [4.69, 9.17) is 9.47 Å². The zero-order chi connectivity index (χ0) is 19.6. The van der Waals surface area contributed by atoms with Gasteiger partial charge in [0.1, 0.15) is 0 Å². The van der Waals surface area contributed by atoms with Gasteiger partial charge in [0.05, 0.1) is 18.8 Å². The summed E-state index contributed by atoms with van der Waals surface area (Å²) in [6.07, 6.45) is 1.27. The minimum atomic E-state index is -0.428. The van der Waals surface area contributed by atoms with Crippen LogP contribution in [-0.2, 0) is 20.7 Å². The Hall–Kier alpha value is -2.95. The molecular formula is C22H24O5. The summed E-state index contributed by atoms with van der Waals surface area (Å²) in [5, 5.41) is 0. The molecule has 0 radical (unpaired) electrons. The van der Waals surface area contributed by atoms with Gasteiger partial charge in [0.2, 0.25) is 0 Å². The number of benzene rings is 2. The predicted octanol–water partition coefficient (Wildman–Crippen LogP) is 3.98. The van der Waals surface area contributed by atoms with Crippen molar-refractivity contribution in [3.63, 3.8) is 0 Å². The molecule has 0 aliphatic heterocycles. The smallest absolute Gasteiger partial charge is 0.338 e. The third-order valence-corrected chi connectivity index (χ3v) is 4.03. The lowest BCUT2D eigenvalue weighted by Crippen LogP contribution is -2.11. The molecule has 0 heterocycles. The van der Waals surface area contributed by atoms with Crippen LogP contribution in [0.5, 0.6) is 0 Å². The van der Waals surface area contributed by atoms with Crippen molar-refractivity contribution in [3.8, 4) is 0 Å². The molecule has 0 aliphatic carbocycles. The molecule has 0 bridgehead atoms. The average molecular weight is 368 g/mol. The number of hydrogen-bond donors (Lipinski definition) is 0. The second-order valence-electron chi connectivity index (χ2n) is 5.95. The van der Waals surface area contributed by atoms with Crippen LogP contribution in [-0.4, -0.2) is 30.9 Å². The van der Waals surface area contributed by atoms with E-state index in [1.165, 1.54) is 0 Å². The number of esters is 2. The Balaban J connectivity index is 2.27. The number of rotatable bonds is 9. The van der Waals surface area contributed by atoms with E-state index in [2.05, 4.69) is 0 Å². The van der Waals surface area contributed by atoms with Gasteiger partial charge in [0, 0.05) is 17.5 Å². The molecule has 0 aliphatic rings. The molecule has 0 aromatic heterocycles. The Kier molecular flexibility index (Phi) is 7.74. The molecule has 2 rings (SSSR count). The summed E-state index contributed by atoms with van der Waals surface area (Å²) in [7, 11) is 0. The Morgan fingerprint density at radius 3 is 2.22 bits per heavy atom. The first-order valence-electron chi connectivity index (χ1n) is 9.12. The highest BCUT2D eigenvalue weighted by Crippen LogP contribution is 2.20. The number of ketones is 1. The van der Waals surface area contributed by atoms with Gasteiger partial charge < -0.3 is 9.47 Å². The van der Waals surface area contributed by atoms with Crippen LogP contribution in [0.25, 0.3) is 0 Å². The molecule has 0 unspecified atom stereocenters. The normalized spacial score (nSPS) is 10.3. The van der Waals surface area contributed by atoms with Gasteiger partial charge in [-0.1, -0.05) is 30.3 Å². The van der Waals surface area contributed by atoms with E-state index < -0.39 is 5.97 Å². The van der Waals surface area contributed by atoms with E-state index in [0.29, 0.717) is 36.1 Å². The molecule has 0 N–H and O–H groups in total. The standard InChI is InChI=1S/C22H24O5/c1-3-26-20(23)12-8-11-17-15-18(22(25)27-4-2)13-14-19(17)21(24)16-9-6-5-7-10-16/h5-7,9-10,13-15H,3-4,8,11-12H2,1-2H3. The topological polar surface area (TPSA) is 69.7 Å². The molecule has 0 spiro atoms. The summed E-state index contributed by atoms with van der Waals surface area (Å²) in [4.78, 5) is 36.5. The van der Waals surface area contributed by atoms with Gasteiger partial charge >= 0.3 is 11.9 Å². The van der Waals surface area contributed by atoms with E-state index in [1.807, 2.05) is 6.07 Å². The van der Waals surface area contributed by atoms with Crippen molar-refractivity contribution in [1.82, 2.24) is 0 Å². The third-order valence-electron chi connectivity index (χ3n) is 4.03. The molecule has 5 heteroatoms. The van der Waals surface area contributed by atoms with E-state index >= 15 is 0 Å². The largest absolute Gasteiger partial charge is 0.466 e. The highest BCUT2D eigenvalue weighted by Gasteiger charge is 2.17. The van der Waals surface area contributed by atoms with E-state index in [9.17, 15) is 14.4 Å². The van der Waals surface area contributed by atoms with Crippen molar-refractivity contribution in [1.29, 1.82) is 0 Å². The second-order valence-corrected chi connectivity index (χ2v) is 5.95. The van der Waals surface area contributed by atoms with Crippen molar-refractivity contribution in [2.24, 2.45) is 0 Å². The maximum atomic E-state index is 12.9. The third kappa shape index (κ3) is 5.78. The van der Waals surface area contributed by atoms with Crippen LogP contribution in [0.2, 0.25) is 0 Å². The van der Waals surface area contributed by atoms with Crippen LogP contribution in [0.3, 0.4) is 0 Å². The summed E-state index contributed by atoms with van der Waals surface area (Å²) < 4.78 is 9.99. The zero-order valence-electron chi connectivity index (χ0n) is 15.7. The lowest BCUT2D eigenvalue weighted by Gasteiger charge is -2.11. The van der Waals surface area contributed by atoms with Crippen molar-refractivity contribution in [2.75, 3.05) is 13.2 Å². The number of ether oxygens (including phenoxy) is 2. The lowest BCUT2D eigenvalue weighted by atomic mass is 9.93. The van der Waals surface area contributed by atoms with Crippen molar-refractivity contribution in [3.05, 3.63) is 70.8 Å². The fourth-order valence-corrected chi connectivity index (χ4v) is 2.76. The van der Waals surface area contributed by atoms with Gasteiger partial charge in [-0.3, -0.25) is 9.59 Å². The predicted molar refractivity (Wildman–Crippen MR) is 102 cm³/mol. The molecule has 0 saturated carbocycles. The van der Waals surface area contributed by atoms with Crippen LogP contribution in [0.15, 0.2) is 48.5 Å². The van der Waals surface area contributed by atoms with Crippen LogP contribution >= 0.6 is 0 Å². The number of carbonyl (C=O) groups is 3. The minimum Gasteiger partial charge on any atom is -0.466 e. The quantitative estimate of drug-likeness (QED) is 0.495. The van der Waals surface area contributed by atoms with Crippen LogP contribution in [0, 0.1) is 0 Å². The molecule has 2 aromatic rings. The summed E-state index contributed by atoms with van der Waals surface area (Å²) in [5.74, 6) is -0.810. The van der Waals surface area contributed by atoms with E-state index in [1.54, 1.807) is 56.3 Å². The molecule has 0 atom stereocenters. The van der Waals surface area contributed by atoms with Gasteiger partial charge in [-0.05, 0) is 50.5 Å². The zero-order valence-corrected chi connectivity index (χ0v) is 15.7. The van der Waals surface area contributed by atoms with Gasteiger partial charge in [-0.15, -0.1) is 0 Å². The summed E-state index contributed by atoms with van der Waals surface area (Å²) in [6.45, 7) is 4.12. The fraction of sp³-hybridized carbons (Fsp3) is 0.318. The SMILES string of the molecule is CCOC(=O)CCCc1cc(C(=O)OCC)ccc1C(=O)c1ccccc1. The molecule has 142 valence electrons. The van der Waals surface area contributed by atoms with Gasteiger partial charge in [0.25, 0.3) is 0 Å². The van der Waals surface area contributed by atoms with E-state index in [0.717, 1.165) is 5.56 Å². The van der Waals surface area contributed by atoms with Gasteiger partial charge in [-0.2, -0.15) is 0 Å². The molecule has 0 amide bonds. The summed E-state index contributed by atoms with van der Waals surface area (Å²) in [6, 6.07) is 13.9. The van der Waals surface area contributed by atoms with Crippen LogP contribution in [0.1, 0.15) is 58.5 Å². The van der Waals surface area contributed by atoms with Gasteiger partial charge in [-0.25, -0.2) is 4.79 Å². The molecule has 0 saturated heterocycles. The Labute approximate surface area is 159 Å². The maximum absolute atomic E-state index is 12.9. The van der Waals surface area contributed by atoms with Crippen molar-refractivity contribution >= 4 is 17.7 Å². The minimum absolute atomic E-state index is 0.114. The Morgan fingerprint density at radius 2 is 1.56 bits per heavy atom. The summed E-state index contributed by atoms with van der Waals surface area (Å²) in [5.41, 5.74) is 2.22. The molecule has 27 heavy (non-hydrogen) atoms. The Bertz CT molecular complexity index is 796. The fourth-order valence-electron chi connectivity index (χ4n) is 2.76. The number of hydrogen-bond acceptors (Lipinski definition) is 5. The number of carbonyl (C=O) groups excluding carboxylic acids is 3. The van der Waals surface area contributed by atoms with Gasteiger partial charge in [0.15, 0.2) is 5.78 Å². The van der Waals surface area contributed by atoms with Crippen LogP contribution < -0.4 is 0 Å². The molecule has 0 fully saturated rings. The first kappa shape index (κ1) is 20.4. The maximum Gasteiger partial charge on any atom is 0.338 e. The summed E-state index contributed by atoms with van der Waals surface area (Å²) >= 11 is 0. The molecule has 2 aromatic carbocycles. The molecular weight excluding hydrogens is 344 g/mol. The lowest BCUT2D eigenvalue weighted by molar-refractivity contribution is -0.143. The average Bonchev–Trinajstić information content (AvgIpc) is 2.68. The second kappa shape index (κ2) is 10.3. The molecule has 5 nitrogen and oxygen atoms in total. The van der Waals surface area contributed by atoms with Crippen molar-refractivity contribution in [2.45, 2.75) is 33.1 Å². The van der Waals surface area contributed by atoms with E-state index in [-0.39, 0.29) is 24.8 Å². The first-order valence-corrected chi connectivity index (χ1v) is 9.12.